The van der Waals surface area contributed by atoms with E-state index >= 15 is 0 Å². The fraction of sp³-hybridized carbons (Fsp3) is 0.211. The average Bonchev–Trinajstić information content (AvgIpc) is 2.96. The predicted molar refractivity (Wildman–Crippen MR) is 94.9 cm³/mol. The van der Waals surface area contributed by atoms with Gasteiger partial charge in [0.05, 0.1) is 17.8 Å². The Hall–Kier alpha value is -2.61. The second-order valence-electron chi connectivity index (χ2n) is 5.77. The molecule has 0 radical (unpaired) electrons. The van der Waals surface area contributed by atoms with Crippen LogP contribution in [-0.4, -0.2) is 35.7 Å². The molecule has 4 heteroatoms. The molecule has 0 atom stereocenters. The molecule has 3 aromatic rings. The van der Waals surface area contributed by atoms with Crippen LogP contribution in [0.3, 0.4) is 0 Å². The lowest BCUT2D eigenvalue weighted by Gasteiger charge is -2.09. The van der Waals surface area contributed by atoms with Crippen molar-refractivity contribution in [2.75, 3.05) is 20.6 Å². The van der Waals surface area contributed by atoms with Gasteiger partial charge in [0.15, 0.2) is 0 Å². The summed E-state index contributed by atoms with van der Waals surface area (Å²) in [6.07, 6.45) is 0. The van der Waals surface area contributed by atoms with Crippen molar-refractivity contribution in [2.45, 2.75) is 6.54 Å². The highest BCUT2D eigenvalue weighted by Crippen LogP contribution is 2.27. The molecule has 3 N–H and O–H groups in total. The lowest BCUT2D eigenvalue weighted by Crippen LogP contribution is -2.10. The highest BCUT2D eigenvalue weighted by Gasteiger charge is 2.08. The molecule has 0 amide bonds. The lowest BCUT2D eigenvalue weighted by molar-refractivity contribution is 0.402. The van der Waals surface area contributed by atoms with E-state index in [-0.39, 0.29) is 0 Å². The molecule has 0 bridgehead atoms. The van der Waals surface area contributed by atoms with E-state index in [0.29, 0.717) is 6.54 Å². The first-order chi connectivity index (χ1) is 11.2. The second kappa shape index (κ2) is 6.66. The standard InChI is InChI=1S/C19H20N4/c1-23(2)13-15-5-8-16(9-6-15)19-17-10-7-14(4-3-11-20)12-18(17)21-22-19/h5-10,12H,11,13,20H2,1-2H3,(H,21,22). The SMILES string of the molecule is CN(C)Cc1ccc(-c2n[nH]c3cc(C#CCN)ccc23)cc1. The zero-order chi connectivity index (χ0) is 16.2. The van der Waals surface area contributed by atoms with Gasteiger partial charge in [0.25, 0.3) is 0 Å². The Bertz CT molecular complexity index is 864. The minimum absolute atomic E-state index is 0.367. The van der Waals surface area contributed by atoms with Gasteiger partial charge in [0, 0.05) is 23.1 Å². The molecule has 116 valence electrons. The summed E-state index contributed by atoms with van der Waals surface area (Å²) in [7, 11) is 4.14. The fourth-order valence-electron chi connectivity index (χ4n) is 2.60. The molecular weight excluding hydrogens is 284 g/mol. The molecule has 3 rings (SSSR count). The number of fused-ring (bicyclic) bond motifs is 1. The highest BCUT2D eigenvalue weighted by molar-refractivity contribution is 5.93. The Morgan fingerprint density at radius 2 is 1.91 bits per heavy atom. The van der Waals surface area contributed by atoms with E-state index in [2.05, 4.69) is 71.4 Å². The minimum atomic E-state index is 0.367. The normalized spacial score (nSPS) is 10.8. The number of rotatable bonds is 3. The third-order valence-corrected chi connectivity index (χ3v) is 3.62. The van der Waals surface area contributed by atoms with Crippen molar-refractivity contribution < 1.29 is 0 Å². The molecule has 0 saturated carbocycles. The van der Waals surface area contributed by atoms with Crippen LogP contribution >= 0.6 is 0 Å². The van der Waals surface area contributed by atoms with Crippen LogP contribution in [0.5, 0.6) is 0 Å². The van der Waals surface area contributed by atoms with Crippen molar-refractivity contribution >= 4 is 10.9 Å². The van der Waals surface area contributed by atoms with Gasteiger partial charge in [-0.2, -0.15) is 5.10 Å². The zero-order valence-electron chi connectivity index (χ0n) is 13.4. The Morgan fingerprint density at radius 3 is 2.61 bits per heavy atom. The molecule has 0 saturated heterocycles. The van der Waals surface area contributed by atoms with Gasteiger partial charge >= 0.3 is 0 Å². The number of hydrogen-bond donors (Lipinski definition) is 2. The van der Waals surface area contributed by atoms with Crippen molar-refractivity contribution in [3.05, 3.63) is 53.6 Å². The Morgan fingerprint density at radius 1 is 1.13 bits per heavy atom. The van der Waals surface area contributed by atoms with Gasteiger partial charge in [0.1, 0.15) is 0 Å². The monoisotopic (exact) mass is 304 g/mol. The van der Waals surface area contributed by atoms with E-state index in [0.717, 1.165) is 34.3 Å². The van der Waals surface area contributed by atoms with Gasteiger partial charge in [-0.05, 0) is 37.9 Å². The molecule has 4 nitrogen and oxygen atoms in total. The molecule has 2 aromatic carbocycles. The van der Waals surface area contributed by atoms with Gasteiger partial charge in [-0.25, -0.2) is 0 Å². The first-order valence-corrected chi connectivity index (χ1v) is 7.58. The van der Waals surface area contributed by atoms with E-state index in [1.807, 2.05) is 12.1 Å². The average molecular weight is 304 g/mol. The maximum absolute atomic E-state index is 5.41. The van der Waals surface area contributed by atoms with Gasteiger partial charge in [0.2, 0.25) is 0 Å². The first-order valence-electron chi connectivity index (χ1n) is 7.58. The van der Waals surface area contributed by atoms with E-state index in [4.69, 9.17) is 5.73 Å². The van der Waals surface area contributed by atoms with Crippen LogP contribution in [0.1, 0.15) is 11.1 Å². The number of hydrogen-bond acceptors (Lipinski definition) is 3. The van der Waals surface area contributed by atoms with Crippen LogP contribution in [0.15, 0.2) is 42.5 Å². The van der Waals surface area contributed by atoms with Crippen molar-refractivity contribution in [2.24, 2.45) is 5.73 Å². The number of nitrogens with one attached hydrogen (secondary N) is 1. The Kier molecular flexibility index (Phi) is 4.42. The van der Waals surface area contributed by atoms with Crippen LogP contribution in [-0.2, 0) is 6.54 Å². The van der Waals surface area contributed by atoms with Crippen molar-refractivity contribution in [3.8, 4) is 23.1 Å². The van der Waals surface area contributed by atoms with Gasteiger partial charge in [-0.3, -0.25) is 5.10 Å². The molecule has 0 aliphatic carbocycles. The van der Waals surface area contributed by atoms with Crippen molar-refractivity contribution in [1.29, 1.82) is 0 Å². The molecule has 0 aliphatic rings. The summed E-state index contributed by atoms with van der Waals surface area (Å²) in [6, 6.07) is 14.6. The number of H-pyrrole nitrogens is 1. The number of aromatic amines is 1. The molecule has 1 heterocycles. The van der Waals surface area contributed by atoms with Gasteiger partial charge in [-0.15, -0.1) is 0 Å². The predicted octanol–water partition coefficient (Wildman–Crippen LogP) is 2.60. The Labute approximate surface area is 136 Å². The third kappa shape index (κ3) is 3.42. The quantitative estimate of drug-likeness (QED) is 0.731. The van der Waals surface area contributed by atoms with E-state index in [1.165, 1.54) is 5.56 Å². The van der Waals surface area contributed by atoms with Gasteiger partial charge in [-0.1, -0.05) is 36.1 Å². The van der Waals surface area contributed by atoms with Crippen molar-refractivity contribution in [3.63, 3.8) is 0 Å². The number of nitrogens with zero attached hydrogens (tertiary/aromatic N) is 2. The molecule has 1 aromatic heterocycles. The lowest BCUT2D eigenvalue weighted by atomic mass is 10.0. The molecule has 0 unspecified atom stereocenters. The number of nitrogens with two attached hydrogens (primary N) is 1. The summed E-state index contributed by atoms with van der Waals surface area (Å²) in [5, 5.41) is 8.66. The van der Waals surface area contributed by atoms with Crippen LogP contribution < -0.4 is 5.73 Å². The maximum atomic E-state index is 5.41. The van der Waals surface area contributed by atoms with E-state index in [9.17, 15) is 0 Å². The topological polar surface area (TPSA) is 57.9 Å². The van der Waals surface area contributed by atoms with E-state index in [1.54, 1.807) is 0 Å². The zero-order valence-corrected chi connectivity index (χ0v) is 13.4. The number of benzene rings is 2. The largest absolute Gasteiger partial charge is 0.320 e. The smallest absolute Gasteiger partial charge is 0.0999 e. The highest BCUT2D eigenvalue weighted by atomic mass is 15.1. The molecule has 0 spiro atoms. The summed E-state index contributed by atoms with van der Waals surface area (Å²) in [4.78, 5) is 2.16. The van der Waals surface area contributed by atoms with Gasteiger partial charge < -0.3 is 10.6 Å². The van der Waals surface area contributed by atoms with Crippen LogP contribution in [0.4, 0.5) is 0 Å². The number of aromatic nitrogens is 2. The van der Waals surface area contributed by atoms with Crippen LogP contribution in [0.2, 0.25) is 0 Å². The minimum Gasteiger partial charge on any atom is -0.320 e. The summed E-state index contributed by atoms with van der Waals surface area (Å²) in [5.41, 5.74) is 10.7. The molecule has 23 heavy (non-hydrogen) atoms. The van der Waals surface area contributed by atoms with Crippen LogP contribution in [0, 0.1) is 11.8 Å². The van der Waals surface area contributed by atoms with E-state index < -0.39 is 0 Å². The molecule has 0 aliphatic heterocycles. The summed E-state index contributed by atoms with van der Waals surface area (Å²) >= 11 is 0. The summed E-state index contributed by atoms with van der Waals surface area (Å²) in [6.45, 7) is 1.30. The summed E-state index contributed by atoms with van der Waals surface area (Å²) in [5.74, 6) is 5.91. The first kappa shape index (κ1) is 15.3. The molecule has 0 fully saturated rings. The molecular formula is C19H20N4. The summed E-state index contributed by atoms with van der Waals surface area (Å²) < 4.78 is 0. The second-order valence-corrected chi connectivity index (χ2v) is 5.77. The third-order valence-electron chi connectivity index (χ3n) is 3.62. The Balaban J connectivity index is 1.94. The van der Waals surface area contributed by atoms with Crippen LogP contribution in [0.25, 0.3) is 22.2 Å². The fourth-order valence-corrected chi connectivity index (χ4v) is 2.60. The maximum Gasteiger partial charge on any atom is 0.0999 e. The van der Waals surface area contributed by atoms with Crippen molar-refractivity contribution in [1.82, 2.24) is 15.1 Å².